The highest BCUT2D eigenvalue weighted by atomic mass is 31.2. The number of esters is 2. The smallest absolute Gasteiger partial charge is 0.462 e. The van der Waals surface area contributed by atoms with E-state index in [4.69, 9.17) is 18.5 Å². The number of hydrogen-bond donors (Lipinski definition) is 1. The molecule has 0 aliphatic carbocycles. The van der Waals surface area contributed by atoms with Crippen molar-refractivity contribution in [3.8, 4) is 0 Å². The maximum atomic E-state index is 12.9. The van der Waals surface area contributed by atoms with Crippen molar-refractivity contribution in [1.82, 2.24) is 0 Å². The Kier molecular flexibility index (Phi) is 63.1. The van der Waals surface area contributed by atoms with Crippen LogP contribution in [0.2, 0.25) is 0 Å². The third-order valence-electron chi connectivity index (χ3n) is 15.0. The second kappa shape index (κ2) is 65.8. The predicted molar refractivity (Wildman–Crippen MR) is 371 cm³/mol. The van der Waals surface area contributed by atoms with E-state index in [-0.39, 0.29) is 32.0 Å². The standard InChI is InChI=1S/C76H132NO8P/c1-6-8-10-12-14-16-18-20-22-24-26-28-30-32-33-34-35-36-37-38-39-40-41-42-43-45-46-48-50-52-54-56-58-60-62-64-66-68-75(78)82-72-74(73-84-86(80,81)83-71-70-77(3,4)5)85-76(79)69-67-65-63-61-59-57-55-53-51-49-47-44-31-29-27-25-23-21-19-17-15-13-11-9-7-2/h8-11,14-17,20-23,26-29,44,47,51,53,74H,6-7,12-13,18-19,24-25,30-43,45-46,48-50,52,54-73H2,1-5H3/p+1/b10-8-,11-9-,16-14-,17-15-,22-20-,23-21-,28-26-,29-27-,47-44-,53-51-. The van der Waals surface area contributed by atoms with Gasteiger partial charge in [-0.25, -0.2) is 4.57 Å². The van der Waals surface area contributed by atoms with Crippen molar-refractivity contribution in [2.75, 3.05) is 47.5 Å². The first-order valence-corrected chi connectivity index (χ1v) is 36.8. The minimum Gasteiger partial charge on any atom is -0.462 e. The minimum atomic E-state index is -4.40. The number of likely N-dealkylation sites (N-methyl/N-ethyl adjacent to an activating group) is 1. The summed E-state index contributed by atoms with van der Waals surface area (Å²) in [5.41, 5.74) is 0. The molecule has 0 aliphatic rings. The Morgan fingerprint density at radius 2 is 0.628 bits per heavy atom. The van der Waals surface area contributed by atoms with Gasteiger partial charge in [-0.15, -0.1) is 0 Å². The summed E-state index contributed by atoms with van der Waals surface area (Å²) in [6.07, 6.45) is 94.5. The predicted octanol–water partition coefficient (Wildman–Crippen LogP) is 23.0. The molecule has 0 bridgehead atoms. The third kappa shape index (κ3) is 69.5. The van der Waals surface area contributed by atoms with Crippen LogP contribution in [0.3, 0.4) is 0 Å². The molecular weight excluding hydrogens is 1090 g/mol. The first-order valence-electron chi connectivity index (χ1n) is 35.3. The van der Waals surface area contributed by atoms with Crippen molar-refractivity contribution < 1.29 is 42.1 Å². The number of ether oxygens (including phenoxy) is 2. The normalized spacial score (nSPS) is 13.9. The first kappa shape index (κ1) is 82.4. The lowest BCUT2D eigenvalue weighted by Crippen LogP contribution is -2.37. The zero-order valence-electron chi connectivity index (χ0n) is 56.3. The van der Waals surface area contributed by atoms with E-state index < -0.39 is 26.5 Å². The second-order valence-corrected chi connectivity index (χ2v) is 26.0. The number of hydrogen-bond acceptors (Lipinski definition) is 7. The molecule has 10 heteroatoms. The molecule has 0 saturated carbocycles. The molecule has 86 heavy (non-hydrogen) atoms. The SMILES string of the molecule is CC/C=C\C/C=C\C/C=C\C/C=C\C/C=C\C/C=C\CCCCCCCCC(=O)OC(COC(=O)CCCCCCCCCCCCCCCCCCCCCCCCCC/C=C\C/C=C\C/C=C\C/C=C\CC)COP(=O)(O)OCC[N+](C)(C)C. The Morgan fingerprint density at radius 1 is 0.360 bits per heavy atom. The highest BCUT2D eigenvalue weighted by Gasteiger charge is 2.27. The monoisotopic (exact) mass is 1220 g/mol. The minimum absolute atomic E-state index is 0.0244. The van der Waals surface area contributed by atoms with E-state index in [0.717, 1.165) is 122 Å². The van der Waals surface area contributed by atoms with Gasteiger partial charge in [-0.2, -0.15) is 0 Å². The number of unbranched alkanes of at least 4 members (excludes halogenated alkanes) is 30. The number of phosphoric ester groups is 1. The zero-order chi connectivity index (χ0) is 62.6. The molecular formula is C76H133NO8P+. The van der Waals surface area contributed by atoms with Crippen molar-refractivity contribution in [2.45, 2.75) is 302 Å². The van der Waals surface area contributed by atoms with Crippen LogP contribution in [0.25, 0.3) is 0 Å². The fourth-order valence-electron chi connectivity index (χ4n) is 9.66. The topological polar surface area (TPSA) is 108 Å². The van der Waals surface area contributed by atoms with Gasteiger partial charge in [-0.05, 0) is 103 Å². The Labute approximate surface area is 530 Å². The number of quaternary nitrogens is 1. The molecule has 1 N–H and O–H groups in total. The molecule has 9 nitrogen and oxygen atoms in total. The van der Waals surface area contributed by atoms with Crippen molar-refractivity contribution in [2.24, 2.45) is 0 Å². The van der Waals surface area contributed by atoms with Gasteiger partial charge in [0.05, 0.1) is 27.7 Å². The molecule has 0 fully saturated rings. The average Bonchev–Trinajstić information content (AvgIpc) is 3.70. The third-order valence-corrected chi connectivity index (χ3v) is 16.0. The van der Waals surface area contributed by atoms with E-state index >= 15 is 0 Å². The van der Waals surface area contributed by atoms with E-state index in [1.54, 1.807) is 0 Å². The van der Waals surface area contributed by atoms with Crippen LogP contribution in [0, 0.1) is 0 Å². The molecule has 2 atom stereocenters. The number of carbonyl (C=O) groups excluding carboxylic acids is 2. The van der Waals surface area contributed by atoms with Gasteiger partial charge in [0.25, 0.3) is 0 Å². The van der Waals surface area contributed by atoms with Crippen LogP contribution in [0.5, 0.6) is 0 Å². The molecule has 0 aromatic rings. The number of carbonyl (C=O) groups is 2. The molecule has 2 unspecified atom stereocenters. The Hall–Kier alpha value is -3.59. The van der Waals surface area contributed by atoms with Crippen molar-refractivity contribution in [3.05, 3.63) is 122 Å². The van der Waals surface area contributed by atoms with Crippen molar-refractivity contribution in [1.29, 1.82) is 0 Å². The largest absolute Gasteiger partial charge is 0.472 e. The Bertz CT molecular complexity index is 1870. The lowest BCUT2D eigenvalue weighted by molar-refractivity contribution is -0.870. The molecule has 0 amide bonds. The van der Waals surface area contributed by atoms with Gasteiger partial charge in [-0.1, -0.05) is 302 Å². The van der Waals surface area contributed by atoms with E-state index in [0.29, 0.717) is 17.4 Å². The van der Waals surface area contributed by atoms with Crippen LogP contribution in [-0.2, 0) is 32.7 Å². The second-order valence-electron chi connectivity index (χ2n) is 24.5. The Balaban J connectivity index is 4.01. The average molecular weight is 1220 g/mol. The van der Waals surface area contributed by atoms with E-state index in [9.17, 15) is 19.0 Å². The molecule has 0 heterocycles. The van der Waals surface area contributed by atoms with Gasteiger partial charge in [0.15, 0.2) is 6.10 Å². The summed E-state index contributed by atoms with van der Waals surface area (Å²) in [6, 6.07) is 0. The maximum Gasteiger partial charge on any atom is 0.472 e. The number of rotatable bonds is 64. The Morgan fingerprint density at radius 3 is 0.930 bits per heavy atom. The first-order chi connectivity index (χ1) is 42.0. The van der Waals surface area contributed by atoms with Gasteiger partial charge >= 0.3 is 19.8 Å². The zero-order valence-corrected chi connectivity index (χ0v) is 57.2. The van der Waals surface area contributed by atoms with Gasteiger partial charge < -0.3 is 18.9 Å². The van der Waals surface area contributed by atoms with Crippen molar-refractivity contribution in [3.63, 3.8) is 0 Å². The summed E-state index contributed by atoms with van der Waals surface area (Å²) in [7, 11) is 1.46. The highest BCUT2D eigenvalue weighted by Crippen LogP contribution is 2.43. The maximum absolute atomic E-state index is 12.9. The molecule has 0 aromatic carbocycles. The summed E-state index contributed by atoms with van der Waals surface area (Å²) in [5, 5.41) is 0. The summed E-state index contributed by atoms with van der Waals surface area (Å²) in [5.74, 6) is -0.810. The molecule has 494 valence electrons. The van der Waals surface area contributed by atoms with Crippen LogP contribution in [0.15, 0.2) is 122 Å². The molecule has 0 radical (unpaired) electrons. The molecule has 0 aromatic heterocycles. The van der Waals surface area contributed by atoms with Gasteiger partial charge in [0, 0.05) is 12.8 Å². The summed E-state index contributed by atoms with van der Waals surface area (Å²) in [4.78, 5) is 35.9. The number of phosphoric acid groups is 1. The summed E-state index contributed by atoms with van der Waals surface area (Å²) in [6.45, 7) is 4.21. The van der Waals surface area contributed by atoms with Gasteiger partial charge in [0.2, 0.25) is 0 Å². The lowest BCUT2D eigenvalue weighted by atomic mass is 10.0. The van der Waals surface area contributed by atoms with Crippen LogP contribution >= 0.6 is 7.82 Å². The molecule has 0 aliphatic heterocycles. The molecule has 0 spiro atoms. The van der Waals surface area contributed by atoms with E-state index in [1.807, 2.05) is 21.1 Å². The van der Waals surface area contributed by atoms with Crippen LogP contribution in [-0.4, -0.2) is 74.9 Å². The van der Waals surface area contributed by atoms with Crippen molar-refractivity contribution >= 4 is 19.8 Å². The van der Waals surface area contributed by atoms with Crippen LogP contribution in [0.4, 0.5) is 0 Å². The van der Waals surface area contributed by atoms with Crippen LogP contribution < -0.4 is 0 Å². The molecule has 0 saturated heterocycles. The highest BCUT2D eigenvalue weighted by molar-refractivity contribution is 7.47. The lowest BCUT2D eigenvalue weighted by Gasteiger charge is -2.24. The fourth-order valence-corrected chi connectivity index (χ4v) is 10.4. The molecule has 0 rings (SSSR count). The van der Waals surface area contributed by atoms with Gasteiger partial charge in [-0.3, -0.25) is 18.6 Å². The van der Waals surface area contributed by atoms with E-state index in [1.165, 1.54) is 141 Å². The quantitative estimate of drug-likeness (QED) is 0.0211. The number of allylic oxidation sites excluding steroid dienone is 20. The fraction of sp³-hybridized carbons (Fsp3) is 0.711. The van der Waals surface area contributed by atoms with Crippen LogP contribution in [0.1, 0.15) is 296 Å². The van der Waals surface area contributed by atoms with Gasteiger partial charge in [0.1, 0.15) is 19.8 Å². The summed E-state index contributed by atoms with van der Waals surface area (Å²) < 4.78 is 34.7. The van der Waals surface area contributed by atoms with E-state index in [2.05, 4.69) is 135 Å². The summed E-state index contributed by atoms with van der Waals surface area (Å²) >= 11 is 0. The number of nitrogens with zero attached hydrogens (tertiary/aromatic N) is 1.